The predicted octanol–water partition coefficient (Wildman–Crippen LogP) is 3.02. The zero-order valence-corrected chi connectivity index (χ0v) is 27.2. The zero-order chi connectivity index (χ0) is 32.6. The van der Waals surface area contributed by atoms with Gasteiger partial charge in [-0.2, -0.15) is 0 Å². The van der Waals surface area contributed by atoms with E-state index in [0.717, 1.165) is 44.9 Å². The molecule has 0 aromatic heterocycles. The van der Waals surface area contributed by atoms with Gasteiger partial charge in [-0.15, -0.1) is 6.58 Å². The maximum atomic E-state index is 14.0. The minimum Gasteiger partial charge on any atom is -0.346 e. The van der Waals surface area contributed by atoms with Gasteiger partial charge >= 0.3 is 6.03 Å². The molecule has 3 fully saturated rings. The number of urea groups is 1. The summed E-state index contributed by atoms with van der Waals surface area (Å²) in [7, 11) is 0. The molecule has 0 aromatic carbocycles. The molecule has 1 heterocycles. The zero-order valence-electron chi connectivity index (χ0n) is 27.2. The number of nitrogens with zero attached hydrogens (tertiary/aromatic N) is 1. The van der Waals surface area contributed by atoms with E-state index in [9.17, 15) is 28.8 Å². The Morgan fingerprint density at radius 1 is 0.886 bits per heavy atom. The molecule has 11 heteroatoms. The molecule has 0 radical (unpaired) electrons. The summed E-state index contributed by atoms with van der Waals surface area (Å²) in [6.07, 6.45) is 9.61. The highest BCUT2D eigenvalue weighted by molar-refractivity contribution is 6.38. The summed E-state index contributed by atoms with van der Waals surface area (Å²) in [6.45, 7) is 13.3. The summed E-state index contributed by atoms with van der Waals surface area (Å²) in [4.78, 5) is 80.8. The first-order chi connectivity index (χ1) is 20.7. The molecule has 0 bridgehead atoms. The number of amides is 5. The molecule has 4 atom stereocenters. The smallest absolute Gasteiger partial charge is 0.316 e. The number of rotatable bonds is 14. The summed E-state index contributed by atoms with van der Waals surface area (Å²) in [6, 6.07) is -4.05. The minimum absolute atomic E-state index is 0.0144. The quantitative estimate of drug-likeness (QED) is 0.174. The summed E-state index contributed by atoms with van der Waals surface area (Å²) in [5.74, 6) is -2.24. The van der Waals surface area contributed by atoms with Gasteiger partial charge in [0.05, 0.1) is 12.1 Å². The van der Waals surface area contributed by atoms with Crippen LogP contribution in [0.5, 0.6) is 0 Å². The van der Waals surface area contributed by atoms with Crippen LogP contribution in [-0.4, -0.2) is 77.5 Å². The third-order valence-corrected chi connectivity index (χ3v) is 9.02. The molecular formula is C33H53N5O6. The van der Waals surface area contributed by atoms with Gasteiger partial charge in [0, 0.05) is 19.0 Å². The van der Waals surface area contributed by atoms with Gasteiger partial charge in [0.2, 0.25) is 17.6 Å². The number of likely N-dealkylation sites (tertiary alicyclic amines) is 1. The highest BCUT2D eigenvalue weighted by Crippen LogP contribution is 2.32. The fourth-order valence-electron chi connectivity index (χ4n) is 6.29. The Balaban J connectivity index is 1.73. The number of ketones is 2. The van der Waals surface area contributed by atoms with E-state index in [1.807, 2.05) is 34.6 Å². The highest BCUT2D eigenvalue weighted by Gasteiger charge is 2.44. The Kier molecular flexibility index (Phi) is 12.5. The number of Topliss-reactive ketones (excluding diaryl/α,β-unsaturated/α-hetero) is 2. The van der Waals surface area contributed by atoms with Crippen molar-refractivity contribution >= 4 is 35.3 Å². The van der Waals surface area contributed by atoms with Gasteiger partial charge in [-0.3, -0.25) is 24.0 Å². The Hall–Kier alpha value is -3.24. The maximum absolute atomic E-state index is 14.0. The second-order valence-corrected chi connectivity index (χ2v) is 14.2. The third kappa shape index (κ3) is 9.63. The lowest BCUT2D eigenvalue weighted by Crippen LogP contribution is -2.61. The molecular weight excluding hydrogens is 562 g/mol. The van der Waals surface area contributed by atoms with Crippen LogP contribution in [0.4, 0.5) is 4.79 Å². The van der Waals surface area contributed by atoms with Crippen molar-refractivity contribution < 1.29 is 28.8 Å². The molecule has 11 nitrogen and oxygen atoms in total. The Bertz CT molecular complexity index is 1090. The van der Waals surface area contributed by atoms with Crippen LogP contribution in [0.1, 0.15) is 98.8 Å². The molecule has 4 N–H and O–H groups in total. The molecule has 0 spiro atoms. The fraction of sp³-hybridized carbons (Fsp3) is 0.758. The minimum atomic E-state index is -0.993. The van der Waals surface area contributed by atoms with Crippen LogP contribution in [0, 0.1) is 23.2 Å². The van der Waals surface area contributed by atoms with Gasteiger partial charge in [0.1, 0.15) is 12.1 Å². The van der Waals surface area contributed by atoms with E-state index in [4.69, 9.17) is 0 Å². The Labute approximate surface area is 262 Å². The van der Waals surface area contributed by atoms with Gasteiger partial charge in [-0.1, -0.05) is 72.8 Å². The first-order valence-corrected chi connectivity index (χ1v) is 16.4. The van der Waals surface area contributed by atoms with Gasteiger partial charge in [0.25, 0.3) is 5.91 Å². The molecule has 2 saturated carbocycles. The van der Waals surface area contributed by atoms with Crippen molar-refractivity contribution in [2.24, 2.45) is 23.2 Å². The number of carbonyl (C=O) groups excluding carboxylic acids is 6. The summed E-state index contributed by atoms with van der Waals surface area (Å²) in [5.41, 5.74) is -0.700. The molecule has 2 aliphatic carbocycles. The van der Waals surface area contributed by atoms with Gasteiger partial charge in [0.15, 0.2) is 5.78 Å². The second kappa shape index (κ2) is 15.7. The van der Waals surface area contributed by atoms with Crippen LogP contribution in [-0.2, 0) is 24.0 Å². The largest absolute Gasteiger partial charge is 0.346 e. The standard InChI is InChI=1S/C33H53N5O6/c1-7-17-34-30(42)27(40)23(19-21-12-9-8-10-13-21)35-29(41)24-14-11-18-38(24)31(43)28(33(4,5)6)37-32(44)36-25(20(2)3)26(39)22-15-16-22/h7,20-25,28H,1,8-19H2,2-6H3,(H,34,42)(H,35,41)(H2,36,37,44). The average molecular weight is 616 g/mol. The van der Waals surface area contributed by atoms with E-state index >= 15 is 0 Å². The van der Waals surface area contributed by atoms with Crippen molar-refractivity contribution in [2.45, 2.75) is 123 Å². The molecule has 4 unspecified atom stereocenters. The van der Waals surface area contributed by atoms with E-state index in [1.165, 1.54) is 11.0 Å². The molecule has 44 heavy (non-hydrogen) atoms. The van der Waals surface area contributed by atoms with Crippen molar-refractivity contribution in [3.8, 4) is 0 Å². The first kappa shape index (κ1) is 35.2. The van der Waals surface area contributed by atoms with Crippen LogP contribution in [0.15, 0.2) is 12.7 Å². The van der Waals surface area contributed by atoms with E-state index in [-0.39, 0.29) is 30.1 Å². The topological polar surface area (TPSA) is 154 Å². The first-order valence-electron chi connectivity index (χ1n) is 16.4. The van der Waals surface area contributed by atoms with Gasteiger partial charge < -0.3 is 26.2 Å². The number of nitrogens with one attached hydrogen (secondary N) is 4. The van der Waals surface area contributed by atoms with Crippen LogP contribution >= 0.6 is 0 Å². The molecule has 246 valence electrons. The average Bonchev–Trinajstić information content (AvgIpc) is 3.71. The normalized spacial score (nSPS) is 21.1. The van der Waals surface area contributed by atoms with Crippen LogP contribution < -0.4 is 21.3 Å². The molecule has 1 aliphatic heterocycles. The van der Waals surface area contributed by atoms with E-state index < -0.39 is 59.1 Å². The number of hydrogen-bond acceptors (Lipinski definition) is 6. The lowest BCUT2D eigenvalue weighted by molar-refractivity contribution is -0.144. The molecule has 0 aromatic rings. The number of hydrogen-bond donors (Lipinski definition) is 4. The fourth-order valence-corrected chi connectivity index (χ4v) is 6.29. The summed E-state index contributed by atoms with van der Waals surface area (Å²) < 4.78 is 0. The van der Waals surface area contributed by atoms with E-state index in [2.05, 4.69) is 27.8 Å². The van der Waals surface area contributed by atoms with Gasteiger partial charge in [-0.05, 0) is 49.4 Å². The van der Waals surface area contributed by atoms with Crippen molar-refractivity contribution in [2.75, 3.05) is 13.1 Å². The van der Waals surface area contributed by atoms with E-state index in [0.29, 0.717) is 25.8 Å². The SMILES string of the molecule is C=CCNC(=O)C(=O)C(CC1CCCCC1)NC(=O)C1CCCN1C(=O)C(NC(=O)NC(C(=O)C1CC1)C(C)C)C(C)(C)C. The van der Waals surface area contributed by atoms with Crippen LogP contribution in [0.2, 0.25) is 0 Å². The Morgan fingerprint density at radius 2 is 1.55 bits per heavy atom. The number of carbonyl (C=O) groups is 6. The second-order valence-electron chi connectivity index (χ2n) is 14.2. The van der Waals surface area contributed by atoms with E-state index in [1.54, 1.807) is 0 Å². The van der Waals surface area contributed by atoms with Gasteiger partial charge in [-0.25, -0.2) is 4.79 Å². The molecule has 5 amide bonds. The lowest BCUT2D eigenvalue weighted by Gasteiger charge is -2.36. The lowest BCUT2D eigenvalue weighted by atomic mass is 9.83. The summed E-state index contributed by atoms with van der Waals surface area (Å²) >= 11 is 0. The molecule has 3 aliphatic rings. The van der Waals surface area contributed by atoms with Crippen molar-refractivity contribution in [1.29, 1.82) is 0 Å². The molecule has 1 saturated heterocycles. The maximum Gasteiger partial charge on any atom is 0.316 e. The van der Waals surface area contributed by atoms with Crippen molar-refractivity contribution in [3.05, 3.63) is 12.7 Å². The summed E-state index contributed by atoms with van der Waals surface area (Å²) in [5, 5.41) is 10.9. The molecule has 3 rings (SSSR count). The van der Waals surface area contributed by atoms with Crippen molar-refractivity contribution in [1.82, 2.24) is 26.2 Å². The van der Waals surface area contributed by atoms with Crippen molar-refractivity contribution in [3.63, 3.8) is 0 Å². The third-order valence-electron chi connectivity index (χ3n) is 9.02. The predicted molar refractivity (Wildman–Crippen MR) is 167 cm³/mol. The monoisotopic (exact) mass is 615 g/mol. The van der Waals surface area contributed by atoms with Crippen LogP contribution in [0.3, 0.4) is 0 Å². The van der Waals surface area contributed by atoms with Crippen LogP contribution in [0.25, 0.3) is 0 Å². The Morgan fingerprint density at radius 3 is 2.11 bits per heavy atom. The highest BCUT2D eigenvalue weighted by atomic mass is 16.2.